The number of fused-ring (bicyclic) bond motifs is 2. The van der Waals surface area contributed by atoms with E-state index in [2.05, 4.69) is 15.9 Å². The highest BCUT2D eigenvalue weighted by Crippen LogP contribution is 2.38. The lowest BCUT2D eigenvalue weighted by molar-refractivity contribution is -0.122. The molecule has 0 saturated carbocycles. The molecular formula is C36H31BrN2O5. The maximum absolute atomic E-state index is 13.7. The standard InChI is InChI=1S/C36H31BrN2O5/c1-4-22-17-25(37)18-29-30(36(43)44-21(3)33(40)24-11-9-20(2)10-12-24)19-31(38-32(22)29)23-13-15-26(16-14-23)39-34(41)27-7-5-6-8-28(27)35(39)42/h5-6,9-19,21,27-28H,4,7-8H2,1-3H3. The summed E-state index contributed by atoms with van der Waals surface area (Å²) in [6, 6.07) is 19.7. The number of rotatable bonds is 7. The zero-order valence-corrected chi connectivity index (χ0v) is 26.3. The number of imide groups is 1. The number of anilines is 1. The third kappa shape index (κ3) is 5.39. The van der Waals surface area contributed by atoms with Crippen LogP contribution in [0.5, 0.6) is 0 Å². The summed E-state index contributed by atoms with van der Waals surface area (Å²) in [6.45, 7) is 5.53. The molecule has 3 aromatic carbocycles. The van der Waals surface area contributed by atoms with Gasteiger partial charge in [0.05, 0.1) is 34.3 Å². The molecule has 1 fully saturated rings. The van der Waals surface area contributed by atoms with Gasteiger partial charge in [-0.15, -0.1) is 0 Å². The second kappa shape index (κ2) is 11.9. The summed E-state index contributed by atoms with van der Waals surface area (Å²) in [6.07, 6.45) is 4.77. The smallest absolute Gasteiger partial charge is 0.339 e. The molecule has 0 N–H and O–H groups in total. The van der Waals surface area contributed by atoms with Gasteiger partial charge in [0.25, 0.3) is 0 Å². The van der Waals surface area contributed by atoms with Crippen LogP contribution in [0.15, 0.2) is 83.4 Å². The zero-order chi connectivity index (χ0) is 31.1. The molecule has 3 atom stereocenters. The fourth-order valence-corrected chi connectivity index (χ4v) is 6.52. The number of ketones is 1. The van der Waals surface area contributed by atoms with Crippen LogP contribution in [-0.4, -0.2) is 34.7 Å². The number of Topliss-reactive ketones (excluding diaryl/α,β-unsaturated/α-hetero) is 1. The van der Waals surface area contributed by atoms with Crippen molar-refractivity contribution in [3.05, 3.63) is 106 Å². The van der Waals surface area contributed by atoms with E-state index in [0.29, 0.717) is 52.7 Å². The normalized spacial score (nSPS) is 18.4. The summed E-state index contributed by atoms with van der Waals surface area (Å²) in [5, 5.41) is 0.612. The van der Waals surface area contributed by atoms with Gasteiger partial charge >= 0.3 is 5.97 Å². The van der Waals surface area contributed by atoms with Gasteiger partial charge in [-0.2, -0.15) is 0 Å². The van der Waals surface area contributed by atoms with Crippen molar-refractivity contribution in [2.75, 3.05) is 4.90 Å². The number of carbonyl (C=O) groups excluding carboxylic acids is 4. The highest BCUT2D eigenvalue weighted by atomic mass is 79.9. The van der Waals surface area contributed by atoms with Crippen molar-refractivity contribution in [2.45, 2.75) is 46.1 Å². The fraction of sp³-hybridized carbons (Fsp3) is 0.250. The van der Waals surface area contributed by atoms with E-state index in [9.17, 15) is 19.2 Å². The van der Waals surface area contributed by atoms with E-state index in [1.807, 2.05) is 50.3 Å². The molecule has 8 heteroatoms. The molecule has 0 radical (unpaired) electrons. The molecule has 1 saturated heterocycles. The molecular weight excluding hydrogens is 620 g/mol. The van der Waals surface area contributed by atoms with Crippen molar-refractivity contribution in [3.8, 4) is 11.3 Å². The summed E-state index contributed by atoms with van der Waals surface area (Å²) < 4.78 is 6.53. The molecule has 0 spiro atoms. The number of hydrogen-bond donors (Lipinski definition) is 0. The van der Waals surface area contributed by atoms with E-state index in [0.717, 1.165) is 15.6 Å². The number of allylic oxidation sites excluding steroid dienone is 2. The number of aromatic nitrogens is 1. The number of esters is 1. The van der Waals surface area contributed by atoms with E-state index in [1.54, 1.807) is 49.4 Å². The van der Waals surface area contributed by atoms with Gasteiger partial charge in [-0.1, -0.05) is 77.0 Å². The quantitative estimate of drug-likeness (QED) is 0.0894. The second-order valence-corrected chi connectivity index (χ2v) is 12.3. The van der Waals surface area contributed by atoms with Gasteiger partial charge in [0.2, 0.25) is 17.6 Å². The summed E-state index contributed by atoms with van der Waals surface area (Å²) in [4.78, 5) is 59.1. The Bertz CT molecular complexity index is 1820. The SMILES string of the molecule is CCc1cc(Br)cc2c(C(=O)OC(C)C(=O)c3ccc(C)cc3)cc(-c3ccc(N4C(=O)C5CC=CCC5C4=O)cc3)nc12. The van der Waals surface area contributed by atoms with Gasteiger partial charge in [-0.05, 0) is 69.0 Å². The molecule has 7 nitrogen and oxygen atoms in total. The minimum Gasteiger partial charge on any atom is -0.451 e. The number of amides is 2. The Labute approximate surface area is 264 Å². The van der Waals surface area contributed by atoms with Crippen LogP contribution in [0.3, 0.4) is 0 Å². The molecule has 1 aliphatic carbocycles. The lowest BCUT2D eigenvalue weighted by Crippen LogP contribution is -2.30. The van der Waals surface area contributed by atoms with Crippen molar-refractivity contribution < 1.29 is 23.9 Å². The monoisotopic (exact) mass is 650 g/mol. The lowest BCUT2D eigenvalue weighted by atomic mass is 9.85. The lowest BCUT2D eigenvalue weighted by Gasteiger charge is -2.17. The third-order valence-corrected chi connectivity index (χ3v) is 8.93. The van der Waals surface area contributed by atoms with Crippen LogP contribution < -0.4 is 4.90 Å². The third-order valence-electron chi connectivity index (χ3n) is 8.48. The Morgan fingerprint density at radius 3 is 2.20 bits per heavy atom. The van der Waals surface area contributed by atoms with Crippen LogP contribution in [0.25, 0.3) is 22.2 Å². The van der Waals surface area contributed by atoms with Crippen LogP contribution >= 0.6 is 15.9 Å². The van der Waals surface area contributed by atoms with E-state index < -0.39 is 12.1 Å². The summed E-state index contributed by atoms with van der Waals surface area (Å²) in [5.74, 6) is -1.88. The first-order valence-corrected chi connectivity index (χ1v) is 15.5. The molecule has 1 aromatic heterocycles. The largest absolute Gasteiger partial charge is 0.451 e. The summed E-state index contributed by atoms with van der Waals surface area (Å²) in [7, 11) is 0. The van der Waals surface area contributed by atoms with E-state index >= 15 is 0 Å². The minimum atomic E-state index is -0.997. The second-order valence-electron chi connectivity index (χ2n) is 11.4. The van der Waals surface area contributed by atoms with Gasteiger partial charge in [0.15, 0.2) is 6.10 Å². The summed E-state index contributed by atoms with van der Waals surface area (Å²) >= 11 is 3.56. The van der Waals surface area contributed by atoms with Crippen LogP contribution in [0.1, 0.15) is 58.5 Å². The van der Waals surface area contributed by atoms with Crippen LogP contribution in [0.2, 0.25) is 0 Å². The number of halogens is 1. The minimum absolute atomic E-state index is 0.168. The van der Waals surface area contributed by atoms with Gasteiger partial charge in [0.1, 0.15) is 0 Å². The van der Waals surface area contributed by atoms with Gasteiger partial charge in [0, 0.05) is 21.0 Å². The fourth-order valence-electron chi connectivity index (χ4n) is 6.01. The van der Waals surface area contributed by atoms with E-state index in [1.165, 1.54) is 4.90 Å². The molecule has 3 unspecified atom stereocenters. The number of nitrogens with zero attached hydrogens (tertiary/aromatic N) is 2. The maximum atomic E-state index is 13.7. The number of carbonyl (C=O) groups is 4. The van der Waals surface area contributed by atoms with Crippen molar-refractivity contribution in [1.29, 1.82) is 0 Å². The topological polar surface area (TPSA) is 93.6 Å². The van der Waals surface area contributed by atoms with Crippen LogP contribution in [0.4, 0.5) is 5.69 Å². The molecule has 2 heterocycles. The molecule has 44 heavy (non-hydrogen) atoms. The van der Waals surface area contributed by atoms with Gasteiger partial charge in [-0.25, -0.2) is 9.78 Å². The van der Waals surface area contributed by atoms with E-state index in [4.69, 9.17) is 9.72 Å². The Morgan fingerprint density at radius 1 is 0.955 bits per heavy atom. The number of pyridine rings is 1. The van der Waals surface area contributed by atoms with E-state index in [-0.39, 0.29) is 35.0 Å². The molecule has 4 aromatic rings. The number of hydrogen-bond acceptors (Lipinski definition) is 6. The first kappa shape index (κ1) is 29.6. The Kier molecular flexibility index (Phi) is 8.03. The highest BCUT2D eigenvalue weighted by molar-refractivity contribution is 9.10. The highest BCUT2D eigenvalue weighted by Gasteiger charge is 2.47. The molecule has 6 rings (SSSR count). The Morgan fingerprint density at radius 2 is 1.59 bits per heavy atom. The van der Waals surface area contributed by atoms with Crippen molar-refractivity contribution in [1.82, 2.24) is 4.98 Å². The van der Waals surface area contributed by atoms with Crippen LogP contribution in [-0.2, 0) is 20.7 Å². The predicted octanol–water partition coefficient (Wildman–Crippen LogP) is 7.42. The van der Waals surface area contributed by atoms with Crippen molar-refractivity contribution >= 4 is 56.1 Å². The molecule has 2 aliphatic rings. The first-order valence-electron chi connectivity index (χ1n) is 14.7. The number of ether oxygens (including phenoxy) is 1. The average molecular weight is 652 g/mol. The number of aryl methyl sites for hydroxylation is 2. The Balaban J connectivity index is 1.34. The summed E-state index contributed by atoms with van der Waals surface area (Å²) in [5.41, 5.74) is 5.13. The van der Waals surface area contributed by atoms with Crippen molar-refractivity contribution in [2.24, 2.45) is 11.8 Å². The molecule has 0 bridgehead atoms. The predicted molar refractivity (Wildman–Crippen MR) is 172 cm³/mol. The average Bonchev–Trinajstić information content (AvgIpc) is 3.29. The van der Waals surface area contributed by atoms with Crippen LogP contribution in [0, 0.1) is 18.8 Å². The van der Waals surface area contributed by atoms with Gasteiger partial charge < -0.3 is 4.74 Å². The molecule has 1 aliphatic heterocycles. The first-order chi connectivity index (χ1) is 21.2. The molecule has 2 amide bonds. The Hall–Kier alpha value is -4.43. The maximum Gasteiger partial charge on any atom is 0.339 e. The van der Waals surface area contributed by atoms with Gasteiger partial charge in [-0.3, -0.25) is 19.3 Å². The molecule has 222 valence electrons. The zero-order valence-electron chi connectivity index (χ0n) is 24.7. The van der Waals surface area contributed by atoms with Crippen molar-refractivity contribution in [3.63, 3.8) is 0 Å². The number of benzene rings is 3.